The molecule has 7 heteroatoms. The largest absolute Gasteiger partial charge is 0.372 e. The number of ether oxygens (including phenoxy) is 1. The van der Waals surface area contributed by atoms with Gasteiger partial charge in [-0.2, -0.15) is 0 Å². The Morgan fingerprint density at radius 3 is 2.28 bits per heavy atom. The lowest BCUT2D eigenvalue weighted by Gasteiger charge is -2.37. The number of hydrogen-bond acceptors (Lipinski definition) is 4. The third kappa shape index (κ3) is 3.66. The van der Waals surface area contributed by atoms with Crippen LogP contribution in [0.3, 0.4) is 0 Å². The summed E-state index contributed by atoms with van der Waals surface area (Å²) in [7, 11) is 0. The molecule has 0 bridgehead atoms. The average molecular weight is 415 g/mol. The highest BCUT2D eigenvalue weighted by molar-refractivity contribution is 6.45. The van der Waals surface area contributed by atoms with Crippen molar-refractivity contribution in [3.8, 4) is 0 Å². The van der Waals surface area contributed by atoms with Crippen molar-refractivity contribution < 1.29 is 18.7 Å². The van der Waals surface area contributed by atoms with Crippen LogP contribution in [0.15, 0.2) is 54.2 Å². The molecular weight excluding hydrogens is 395 g/mol. The lowest BCUT2D eigenvalue weighted by molar-refractivity contribution is -0.121. The van der Waals surface area contributed by atoms with Gasteiger partial charge >= 0.3 is 0 Å². The maximum Gasteiger partial charge on any atom is 0.282 e. The second-order valence-electron chi connectivity index (χ2n) is 7.32. The Morgan fingerprint density at radius 1 is 1.00 bits per heavy atom. The molecule has 2 aromatic rings. The van der Waals surface area contributed by atoms with Crippen molar-refractivity contribution in [3.05, 3.63) is 70.6 Å². The Bertz CT molecular complexity index is 995. The zero-order chi connectivity index (χ0) is 20.7. The van der Waals surface area contributed by atoms with Crippen molar-refractivity contribution in [1.82, 2.24) is 4.90 Å². The number of halogens is 2. The van der Waals surface area contributed by atoms with Crippen molar-refractivity contribution in [3.63, 3.8) is 0 Å². The Hall–Kier alpha value is -2.70. The maximum absolute atomic E-state index is 13.5. The molecule has 0 radical (unpaired) electrons. The second-order valence-corrected chi connectivity index (χ2v) is 7.75. The first-order chi connectivity index (χ1) is 13.8. The van der Waals surface area contributed by atoms with Crippen molar-refractivity contribution in [1.29, 1.82) is 0 Å². The van der Waals surface area contributed by atoms with E-state index < -0.39 is 17.6 Å². The number of rotatable bonds is 3. The molecule has 2 aromatic carbocycles. The minimum atomic E-state index is -0.453. The molecule has 5 nitrogen and oxygen atoms in total. The molecule has 0 N–H and O–H groups in total. The monoisotopic (exact) mass is 414 g/mol. The first kappa shape index (κ1) is 19.6. The van der Waals surface area contributed by atoms with Crippen LogP contribution >= 0.6 is 11.6 Å². The molecule has 0 spiro atoms. The highest BCUT2D eigenvalue weighted by Gasteiger charge is 2.43. The molecule has 150 valence electrons. The fourth-order valence-electron chi connectivity index (χ4n) is 3.90. The summed E-state index contributed by atoms with van der Waals surface area (Å²) in [6.07, 6.45) is -0.187. The summed E-state index contributed by atoms with van der Waals surface area (Å²) in [4.78, 5) is 29.8. The van der Waals surface area contributed by atoms with E-state index in [9.17, 15) is 14.0 Å². The van der Waals surface area contributed by atoms with Crippen LogP contribution in [0.1, 0.15) is 19.4 Å². The van der Waals surface area contributed by atoms with Gasteiger partial charge in [0, 0.05) is 18.1 Å². The molecule has 29 heavy (non-hydrogen) atoms. The standard InChI is InChI=1S/C22H20ClFN2O3/c1-13-11-25(12-14(2)29-13)20-19(15-6-8-17(24)9-7-15)21(27)26(22(20)28)18-5-3-4-16(23)10-18/h3-10,13-14H,11-12H2,1-2H3. The number of benzene rings is 2. The van der Waals surface area contributed by atoms with E-state index in [-0.39, 0.29) is 17.8 Å². The first-order valence-electron chi connectivity index (χ1n) is 9.40. The number of anilines is 1. The number of carbonyl (C=O) groups is 2. The van der Waals surface area contributed by atoms with E-state index in [4.69, 9.17) is 16.3 Å². The van der Waals surface area contributed by atoms with Gasteiger partial charge in [-0.3, -0.25) is 9.59 Å². The maximum atomic E-state index is 13.5. The zero-order valence-electron chi connectivity index (χ0n) is 16.1. The molecule has 1 saturated heterocycles. The topological polar surface area (TPSA) is 49.9 Å². The van der Waals surface area contributed by atoms with Gasteiger partial charge in [-0.15, -0.1) is 0 Å². The predicted octanol–water partition coefficient (Wildman–Crippen LogP) is 3.87. The van der Waals surface area contributed by atoms with Crippen molar-refractivity contribution >= 4 is 34.7 Å². The van der Waals surface area contributed by atoms with E-state index in [0.717, 1.165) is 4.90 Å². The van der Waals surface area contributed by atoms with Gasteiger partial charge in [0.05, 0.1) is 23.5 Å². The Labute approximate surface area is 173 Å². The van der Waals surface area contributed by atoms with E-state index in [1.807, 2.05) is 18.7 Å². The van der Waals surface area contributed by atoms with Crippen molar-refractivity contribution in [2.75, 3.05) is 18.0 Å². The van der Waals surface area contributed by atoms with Gasteiger partial charge in [0.1, 0.15) is 11.5 Å². The molecular formula is C22H20ClFN2O3. The van der Waals surface area contributed by atoms with Gasteiger partial charge in [-0.1, -0.05) is 29.8 Å². The van der Waals surface area contributed by atoms with Gasteiger partial charge in [-0.25, -0.2) is 9.29 Å². The minimum Gasteiger partial charge on any atom is -0.372 e. The van der Waals surface area contributed by atoms with Gasteiger partial charge in [0.15, 0.2) is 0 Å². The summed E-state index contributed by atoms with van der Waals surface area (Å²) in [5.41, 5.74) is 1.47. The van der Waals surface area contributed by atoms with Gasteiger partial charge in [0.2, 0.25) is 0 Å². The molecule has 0 aromatic heterocycles. The number of amides is 2. The molecule has 2 aliphatic heterocycles. The molecule has 2 atom stereocenters. The van der Waals surface area contributed by atoms with Gasteiger partial charge in [0.25, 0.3) is 11.8 Å². The third-order valence-electron chi connectivity index (χ3n) is 4.99. The number of morpholine rings is 1. The van der Waals surface area contributed by atoms with E-state index in [1.165, 1.54) is 24.3 Å². The van der Waals surface area contributed by atoms with Crippen LogP contribution in [0.4, 0.5) is 10.1 Å². The number of hydrogen-bond donors (Lipinski definition) is 0. The molecule has 2 aliphatic rings. The Morgan fingerprint density at radius 2 is 1.66 bits per heavy atom. The van der Waals surface area contributed by atoms with Crippen LogP contribution in [0.2, 0.25) is 5.02 Å². The van der Waals surface area contributed by atoms with Crippen LogP contribution in [0.5, 0.6) is 0 Å². The average Bonchev–Trinajstić information content (AvgIpc) is 2.92. The van der Waals surface area contributed by atoms with Crippen LogP contribution in [0, 0.1) is 5.82 Å². The molecule has 2 amide bonds. The first-order valence-corrected chi connectivity index (χ1v) is 9.78. The summed E-state index contributed by atoms with van der Waals surface area (Å²) in [5.74, 6) is -1.28. The fourth-order valence-corrected chi connectivity index (χ4v) is 4.08. The molecule has 2 unspecified atom stereocenters. The number of nitrogens with zero attached hydrogens (tertiary/aromatic N) is 2. The summed E-state index contributed by atoms with van der Waals surface area (Å²) >= 11 is 6.08. The van der Waals surface area contributed by atoms with E-state index in [2.05, 4.69) is 0 Å². The highest BCUT2D eigenvalue weighted by atomic mass is 35.5. The van der Waals surface area contributed by atoms with E-state index >= 15 is 0 Å². The third-order valence-corrected chi connectivity index (χ3v) is 5.23. The minimum absolute atomic E-state index is 0.0937. The van der Waals surface area contributed by atoms with Gasteiger partial charge < -0.3 is 9.64 Å². The van der Waals surface area contributed by atoms with E-state index in [0.29, 0.717) is 35.1 Å². The fraction of sp³-hybridized carbons (Fsp3) is 0.273. The Kier molecular flexibility index (Phi) is 5.15. The summed E-state index contributed by atoms with van der Waals surface area (Å²) in [6.45, 7) is 4.81. The van der Waals surface area contributed by atoms with Gasteiger partial charge in [-0.05, 0) is 49.7 Å². The van der Waals surface area contributed by atoms with Crippen molar-refractivity contribution in [2.24, 2.45) is 0 Å². The summed E-state index contributed by atoms with van der Waals surface area (Å²) in [6, 6.07) is 12.2. The highest BCUT2D eigenvalue weighted by Crippen LogP contribution is 2.36. The van der Waals surface area contributed by atoms with Crippen LogP contribution < -0.4 is 4.90 Å². The second kappa shape index (κ2) is 7.61. The predicted molar refractivity (Wildman–Crippen MR) is 109 cm³/mol. The summed E-state index contributed by atoms with van der Waals surface area (Å²) < 4.78 is 19.2. The smallest absolute Gasteiger partial charge is 0.282 e. The SMILES string of the molecule is CC1CN(C2=C(c3ccc(F)cc3)C(=O)N(c3cccc(Cl)c3)C2=O)CC(C)O1. The number of carbonyl (C=O) groups excluding carboxylic acids is 2. The quantitative estimate of drug-likeness (QED) is 0.715. The Balaban J connectivity index is 1.84. The van der Waals surface area contributed by atoms with Crippen LogP contribution in [0.25, 0.3) is 5.57 Å². The van der Waals surface area contributed by atoms with Crippen molar-refractivity contribution in [2.45, 2.75) is 26.1 Å². The molecule has 0 aliphatic carbocycles. The normalized spacial score (nSPS) is 22.6. The van der Waals surface area contributed by atoms with Crippen LogP contribution in [-0.4, -0.2) is 42.0 Å². The molecule has 4 rings (SSSR count). The van der Waals surface area contributed by atoms with Crippen LogP contribution in [-0.2, 0) is 14.3 Å². The lowest BCUT2D eigenvalue weighted by atomic mass is 10.0. The molecule has 1 fully saturated rings. The molecule has 2 heterocycles. The number of imide groups is 1. The lowest BCUT2D eigenvalue weighted by Crippen LogP contribution is -2.47. The zero-order valence-corrected chi connectivity index (χ0v) is 16.8. The molecule has 0 saturated carbocycles. The van der Waals surface area contributed by atoms with E-state index in [1.54, 1.807) is 24.3 Å². The summed E-state index contributed by atoms with van der Waals surface area (Å²) in [5, 5.41) is 0.425.